The van der Waals surface area contributed by atoms with Crippen LogP contribution >= 0.6 is 0 Å². The topological polar surface area (TPSA) is 71.0 Å². The monoisotopic (exact) mass is 326 g/mol. The van der Waals surface area contributed by atoms with Gasteiger partial charge in [0.05, 0.1) is 37.9 Å². The SMILES string of the molecule is CN1C[C@H](O)COC[C@H]2O[C@@H](CC(=O)NC3CCCC3)CC[C@@H]21. The summed E-state index contributed by atoms with van der Waals surface area (Å²) in [6, 6.07) is 0.635. The number of nitrogens with one attached hydrogen (secondary N) is 1. The predicted molar refractivity (Wildman–Crippen MR) is 86.2 cm³/mol. The van der Waals surface area contributed by atoms with Crippen molar-refractivity contribution < 1.29 is 19.4 Å². The largest absolute Gasteiger partial charge is 0.389 e. The molecule has 2 N–H and O–H groups in total. The minimum absolute atomic E-state index is 0.00877. The van der Waals surface area contributed by atoms with Gasteiger partial charge in [0.15, 0.2) is 0 Å². The molecule has 4 atom stereocenters. The van der Waals surface area contributed by atoms with E-state index < -0.39 is 6.10 Å². The van der Waals surface area contributed by atoms with Gasteiger partial charge in [0, 0.05) is 18.6 Å². The quantitative estimate of drug-likeness (QED) is 0.798. The van der Waals surface area contributed by atoms with Crippen LogP contribution in [0.5, 0.6) is 0 Å². The standard InChI is InChI=1S/C17H30N2O4/c1-19-9-13(20)10-22-11-16-15(19)7-6-14(23-16)8-17(21)18-12-4-2-3-5-12/h12-16,20H,2-11H2,1H3,(H,18,21)/t13-,14+,15-,16+/m0/s1. The van der Waals surface area contributed by atoms with Crippen LogP contribution < -0.4 is 5.32 Å². The smallest absolute Gasteiger partial charge is 0.222 e. The lowest BCUT2D eigenvalue weighted by Crippen LogP contribution is -2.54. The molecule has 3 fully saturated rings. The first-order valence-corrected chi connectivity index (χ1v) is 9.02. The molecule has 0 radical (unpaired) electrons. The minimum atomic E-state index is -0.434. The van der Waals surface area contributed by atoms with Crippen LogP contribution in [0.15, 0.2) is 0 Å². The Bertz CT molecular complexity index is 400. The molecule has 6 heteroatoms. The van der Waals surface area contributed by atoms with Gasteiger partial charge >= 0.3 is 0 Å². The van der Waals surface area contributed by atoms with Crippen LogP contribution in [0, 0.1) is 0 Å². The number of carbonyl (C=O) groups is 1. The maximum atomic E-state index is 12.2. The Kier molecular flexibility index (Phi) is 5.91. The third kappa shape index (κ3) is 4.66. The van der Waals surface area contributed by atoms with Crippen LogP contribution in [-0.2, 0) is 14.3 Å². The van der Waals surface area contributed by atoms with Crippen LogP contribution in [0.4, 0.5) is 0 Å². The fraction of sp³-hybridized carbons (Fsp3) is 0.941. The number of carbonyl (C=O) groups excluding carboxylic acids is 1. The Morgan fingerprint density at radius 2 is 2.00 bits per heavy atom. The normalized spacial score (nSPS) is 37.0. The van der Waals surface area contributed by atoms with E-state index in [-0.39, 0.29) is 24.2 Å². The fourth-order valence-corrected chi connectivity index (χ4v) is 4.16. The number of β-amino-alcohol motifs (C(OH)–C–C–N with tert-alkyl or cyclic N) is 1. The summed E-state index contributed by atoms with van der Waals surface area (Å²) in [6.07, 6.45) is 6.55. The van der Waals surface area contributed by atoms with Crippen molar-refractivity contribution in [2.45, 2.75) is 75.3 Å². The van der Waals surface area contributed by atoms with Crippen molar-refractivity contribution in [1.29, 1.82) is 0 Å². The number of nitrogens with zero attached hydrogens (tertiary/aromatic N) is 1. The highest BCUT2D eigenvalue weighted by Crippen LogP contribution is 2.27. The molecule has 1 saturated carbocycles. The zero-order valence-corrected chi connectivity index (χ0v) is 14.1. The van der Waals surface area contributed by atoms with Crippen LogP contribution in [0.2, 0.25) is 0 Å². The van der Waals surface area contributed by atoms with E-state index in [1.165, 1.54) is 12.8 Å². The Morgan fingerprint density at radius 3 is 2.78 bits per heavy atom. The molecule has 0 aromatic rings. The van der Waals surface area contributed by atoms with Crippen molar-refractivity contribution in [1.82, 2.24) is 10.2 Å². The maximum Gasteiger partial charge on any atom is 0.222 e. The molecule has 0 bridgehead atoms. The molecule has 2 saturated heterocycles. The molecule has 3 rings (SSSR count). The molecule has 23 heavy (non-hydrogen) atoms. The van der Waals surface area contributed by atoms with Gasteiger partial charge in [-0.25, -0.2) is 0 Å². The fourth-order valence-electron chi connectivity index (χ4n) is 4.16. The van der Waals surface area contributed by atoms with Gasteiger partial charge in [0.2, 0.25) is 5.91 Å². The van der Waals surface area contributed by atoms with Crippen LogP contribution in [0.25, 0.3) is 0 Å². The van der Waals surface area contributed by atoms with Crippen molar-refractivity contribution in [3.63, 3.8) is 0 Å². The molecule has 0 spiro atoms. The number of ether oxygens (including phenoxy) is 2. The molecular weight excluding hydrogens is 296 g/mol. The second-order valence-corrected chi connectivity index (χ2v) is 7.33. The highest BCUT2D eigenvalue weighted by Gasteiger charge is 2.36. The Labute approximate surface area is 138 Å². The Hall–Kier alpha value is -0.690. The first-order valence-electron chi connectivity index (χ1n) is 9.02. The molecule has 2 heterocycles. The summed E-state index contributed by atoms with van der Waals surface area (Å²) in [7, 11) is 2.03. The van der Waals surface area contributed by atoms with Crippen LogP contribution in [-0.4, -0.2) is 73.1 Å². The summed E-state index contributed by atoms with van der Waals surface area (Å²) in [4.78, 5) is 14.4. The van der Waals surface area contributed by atoms with Crippen LogP contribution in [0.3, 0.4) is 0 Å². The number of likely N-dealkylation sites (N-methyl/N-ethyl adjacent to an activating group) is 1. The number of aliphatic hydroxyl groups is 1. The zero-order valence-electron chi connectivity index (χ0n) is 14.1. The number of fused-ring (bicyclic) bond motifs is 1. The average Bonchev–Trinajstić information content (AvgIpc) is 2.98. The molecular formula is C17H30N2O4. The van der Waals surface area contributed by atoms with Gasteiger partial charge in [-0.1, -0.05) is 12.8 Å². The molecule has 1 aliphatic carbocycles. The van der Waals surface area contributed by atoms with Gasteiger partial charge < -0.3 is 19.9 Å². The van der Waals surface area contributed by atoms with Crippen molar-refractivity contribution in [2.24, 2.45) is 0 Å². The Morgan fingerprint density at radius 1 is 1.22 bits per heavy atom. The summed E-state index contributed by atoms with van der Waals surface area (Å²) in [6.45, 7) is 1.45. The van der Waals surface area contributed by atoms with E-state index in [2.05, 4.69) is 10.2 Å². The number of amides is 1. The van der Waals surface area contributed by atoms with Crippen molar-refractivity contribution in [3.8, 4) is 0 Å². The average molecular weight is 326 g/mol. The van der Waals surface area contributed by atoms with Gasteiger partial charge in [-0.3, -0.25) is 9.69 Å². The third-order valence-corrected chi connectivity index (χ3v) is 5.37. The highest BCUT2D eigenvalue weighted by molar-refractivity contribution is 5.76. The van der Waals surface area contributed by atoms with E-state index in [0.717, 1.165) is 25.7 Å². The lowest BCUT2D eigenvalue weighted by molar-refractivity contribution is -0.153. The molecule has 3 aliphatic rings. The number of rotatable bonds is 3. The van der Waals surface area contributed by atoms with Crippen molar-refractivity contribution >= 4 is 5.91 Å². The van der Waals surface area contributed by atoms with E-state index >= 15 is 0 Å². The van der Waals surface area contributed by atoms with E-state index in [4.69, 9.17) is 9.47 Å². The maximum absolute atomic E-state index is 12.2. The van der Waals surface area contributed by atoms with Gasteiger partial charge in [0.25, 0.3) is 0 Å². The van der Waals surface area contributed by atoms with Gasteiger partial charge in [0.1, 0.15) is 0 Å². The summed E-state index contributed by atoms with van der Waals surface area (Å²) in [5, 5.41) is 13.0. The van der Waals surface area contributed by atoms with Gasteiger partial charge in [-0.05, 0) is 32.7 Å². The minimum Gasteiger partial charge on any atom is -0.389 e. The van der Waals surface area contributed by atoms with E-state index in [9.17, 15) is 9.90 Å². The van der Waals surface area contributed by atoms with E-state index in [1.54, 1.807) is 0 Å². The van der Waals surface area contributed by atoms with E-state index in [1.807, 2.05) is 7.05 Å². The lowest BCUT2D eigenvalue weighted by atomic mass is 9.95. The molecule has 0 aromatic carbocycles. The molecule has 0 aromatic heterocycles. The highest BCUT2D eigenvalue weighted by atomic mass is 16.5. The van der Waals surface area contributed by atoms with Crippen molar-refractivity contribution in [3.05, 3.63) is 0 Å². The molecule has 6 nitrogen and oxygen atoms in total. The summed E-state index contributed by atoms with van der Waals surface area (Å²) in [5.41, 5.74) is 0. The van der Waals surface area contributed by atoms with Crippen molar-refractivity contribution in [2.75, 3.05) is 26.8 Å². The molecule has 1 amide bonds. The summed E-state index contributed by atoms with van der Waals surface area (Å²) in [5.74, 6) is 0.121. The number of hydrogen-bond donors (Lipinski definition) is 2. The van der Waals surface area contributed by atoms with E-state index in [0.29, 0.717) is 32.2 Å². The zero-order chi connectivity index (χ0) is 16.2. The first-order chi connectivity index (χ1) is 11.1. The van der Waals surface area contributed by atoms with Crippen LogP contribution in [0.1, 0.15) is 44.9 Å². The summed E-state index contributed by atoms with van der Waals surface area (Å²) >= 11 is 0. The van der Waals surface area contributed by atoms with Gasteiger partial charge in [-0.2, -0.15) is 0 Å². The summed E-state index contributed by atoms with van der Waals surface area (Å²) < 4.78 is 11.7. The second kappa shape index (κ2) is 7.92. The number of aliphatic hydroxyl groups excluding tert-OH is 1. The van der Waals surface area contributed by atoms with Gasteiger partial charge in [-0.15, -0.1) is 0 Å². The first kappa shape index (κ1) is 17.1. The second-order valence-electron chi connectivity index (χ2n) is 7.33. The predicted octanol–water partition coefficient (Wildman–Crippen LogP) is 0.674. The molecule has 2 aliphatic heterocycles. The Balaban J connectivity index is 1.49. The number of hydrogen-bond acceptors (Lipinski definition) is 5. The third-order valence-electron chi connectivity index (χ3n) is 5.37. The lowest BCUT2D eigenvalue weighted by Gasteiger charge is -2.43. The molecule has 0 unspecified atom stereocenters. The molecule has 132 valence electrons.